The highest BCUT2D eigenvalue weighted by atomic mass is 32.2. The molecule has 0 radical (unpaired) electrons. The van der Waals surface area contributed by atoms with Crippen LogP contribution in [0.15, 0.2) is 23.1 Å². The second-order valence-electron chi connectivity index (χ2n) is 3.35. The Hall–Kier alpha value is -1.98. The lowest BCUT2D eigenvalue weighted by atomic mass is 10.2. The van der Waals surface area contributed by atoms with Crippen molar-refractivity contribution in [3.05, 3.63) is 29.6 Å². The van der Waals surface area contributed by atoms with Crippen LogP contribution in [0.5, 0.6) is 0 Å². The molecule has 0 atom stereocenters. The molecule has 0 fully saturated rings. The van der Waals surface area contributed by atoms with Crippen LogP contribution in [0.3, 0.4) is 0 Å². The maximum absolute atomic E-state index is 13.3. The van der Waals surface area contributed by atoms with Gasteiger partial charge in [-0.3, -0.25) is 4.79 Å². The van der Waals surface area contributed by atoms with Crippen LogP contribution in [0.1, 0.15) is 12.5 Å². The predicted octanol–water partition coefficient (Wildman–Crippen LogP) is 0.539. The van der Waals surface area contributed by atoms with Crippen LogP contribution < -0.4 is 4.72 Å². The summed E-state index contributed by atoms with van der Waals surface area (Å²) in [5.74, 6) is -1.71. The summed E-state index contributed by atoms with van der Waals surface area (Å²) in [6.07, 6.45) is 0. The van der Waals surface area contributed by atoms with Crippen LogP contribution in [-0.4, -0.2) is 27.5 Å². The van der Waals surface area contributed by atoms with Gasteiger partial charge in [0, 0.05) is 0 Å². The number of ether oxygens (including phenoxy) is 1. The number of nitrogens with one attached hydrogen (secondary N) is 1. The van der Waals surface area contributed by atoms with Crippen molar-refractivity contribution in [2.45, 2.75) is 11.8 Å². The Morgan fingerprint density at radius 3 is 2.79 bits per heavy atom. The molecule has 0 unspecified atom stereocenters. The fourth-order valence-corrected chi connectivity index (χ4v) is 2.41. The molecule has 1 rings (SSSR count). The van der Waals surface area contributed by atoms with Gasteiger partial charge in [-0.15, -0.1) is 0 Å². The van der Waals surface area contributed by atoms with Crippen molar-refractivity contribution < 1.29 is 22.3 Å². The van der Waals surface area contributed by atoms with Crippen molar-refractivity contribution >= 4 is 16.0 Å². The van der Waals surface area contributed by atoms with E-state index in [0.717, 1.165) is 18.2 Å². The number of hydrogen-bond donors (Lipinski definition) is 1. The fourth-order valence-electron chi connectivity index (χ4n) is 1.28. The summed E-state index contributed by atoms with van der Waals surface area (Å²) in [4.78, 5) is 10.5. The summed E-state index contributed by atoms with van der Waals surface area (Å²) >= 11 is 0. The van der Waals surface area contributed by atoms with Crippen LogP contribution >= 0.6 is 0 Å². The van der Waals surface area contributed by atoms with Gasteiger partial charge in [-0.25, -0.2) is 12.8 Å². The molecule has 0 saturated heterocycles. The van der Waals surface area contributed by atoms with E-state index >= 15 is 0 Å². The van der Waals surface area contributed by atoms with Gasteiger partial charge in [-0.1, -0.05) is 6.07 Å². The second kappa shape index (κ2) is 6.26. The highest BCUT2D eigenvalue weighted by Crippen LogP contribution is 2.17. The first-order valence-electron chi connectivity index (χ1n) is 5.26. The summed E-state index contributed by atoms with van der Waals surface area (Å²) in [5, 5.41) is 8.75. The van der Waals surface area contributed by atoms with Gasteiger partial charge in [0.05, 0.1) is 6.61 Å². The Balaban J connectivity index is 2.99. The molecule has 1 aromatic carbocycles. The number of hydrogen-bond acceptors (Lipinski definition) is 5. The Morgan fingerprint density at radius 1 is 1.53 bits per heavy atom. The second-order valence-corrected chi connectivity index (χ2v) is 5.09. The number of rotatable bonds is 5. The van der Waals surface area contributed by atoms with Crippen LogP contribution in [0.25, 0.3) is 0 Å². The monoisotopic (exact) mass is 286 g/mol. The molecule has 102 valence electrons. The minimum Gasteiger partial charge on any atom is -0.465 e. The third-order valence-electron chi connectivity index (χ3n) is 2.09. The van der Waals surface area contributed by atoms with Crippen molar-refractivity contribution in [1.29, 1.82) is 5.26 Å². The van der Waals surface area contributed by atoms with Crippen molar-refractivity contribution in [2.24, 2.45) is 0 Å². The number of nitrogens with zero attached hydrogens (tertiary/aromatic N) is 1. The first-order valence-corrected chi connectivity index (χ1v) is 6.74. The van der Waals surface area contributed by atoms with Crippen LogP contribution in [0.2, 0.25) is 0 Å². The van der Waals surface area contributed by atoms with Crippen molar-refractivity contribution in [3.8, 4) is 6.07 Å². The van der Waals surface area contributed by atoms with E-state index in [1.54, 1.807) is 6.92 Å². The lowest BCUT2D eigenvalue weighted by molar-refractivity contribution is -0.141. The fraction of sp³-hybridized carbons (Fsp3) is 0.273. The lowest BCUT2D eigenvalue weighted by Gasteiger charge is -2.08. The van der Waals surface area contributed by atoms with Crippen LogP contribution in [0, 0.1) is 17.1 Å². The minimum absolute atomic E-state index is 0.115. The minimum atomic E-state index is -4.15. The maximum atomic E-state index is 13.3. The highest BCUT2D eigenvalue weighted by molar-refractivity contribution is 7.89. The topological polar surface area (TPSA) is 96.3 Å². The van der Waals surface area contributed by atoms with E-state index in [0.29, 0.717) is 0 Å². The smallest absolute Gasteiger partial charge is 0.321 e. The Labute approximate surface area is 109 Å². The first-order chi connectivity index (χ1) is 8.92. The summed E-state index contributed by atoms with van der Waals surface area (Å²) in [6.45, 7) is 1.11. The molecule has 0 bridgehead atoms. The van der Waals surface area contributed by atoms with Crippen molar-refractivity contribution in [2.75, 3.05) is 13.2 Å². The van der Waals surface area contributed by atoms with Crippen molar-refractivity contribution in [3.63, 3.8) is 0 Å². The average molecular weight is 286 g/mol. The number of esters is 1. The normalized spacial score (nSPS) is 10.8. The number of sulfonamides is 1. The number of carbonyl (C=O) groups is 1. The molecule has 0 spiro atoms. The zero-order valence-corrected chi connectivity index (χ0v) is 10.8. The zero-order valence-electron chi connectivity index (χ0n) is 10.0. The van der Waals surface area contributed by atoms with E-state index in [-0.39, 0.29) is 6.61 Å². The quantitative estimate of drug-likeness (QED) is 0.797. The SMILES string of the molecule is CCOC(=O)CNS(=O)(=O)c1cccc(F)c1C#N. The molecular weight excluding hydrogens is 275 g/mol. The molecule has 8 heteroatoms. The van der Waals surface area contributed by atoms with Crippen molar-refractivity contribution in [1.82, 2.24) is 4.72 Å². The van der Waals surface area contributed by atoms with E-state index in [1.807, 2.05) is 4.72 Å². The van der Waals surface area contributed by atoms with Gasteiger partial charge in [0.15, 0.2) is 0 Å². The predicted molar refractivity (Wildman–Crippen MR) is 62.9 cm³/mol. The van der Waals surface area contributed by atoms with Gasteiger partial charge in [-0.05, 0) is 19.1 Å². The number of carbonyl (C=O) groups excluding carboxylic acids is 1. The molecule has 1 aromatic rings. The molecule has 19 heavy (non-hydrogen) atoms. The van der Waals surface area contributed by atoms with Gasteiger partial charge >= 0.3 is 5.97 Å². The number of benzene rings is 1. The van der Waals surface area contributed by atoms with E-state index in [1.165, 1.54) is 6.07 Å². The number of nitriles is 1. The maximum Gasteiger partial charge on any atom is 0.321 e. The molecule has 1 N–H and O–H groups in total. The molecule has 0 aromatic heterocycles. The van der Waals surface area contributed by atoms with Gasteiger partial charge < -0.3 is 4.74 Å². The average Bonchev–Trinajstić information content (AvgIpc) is 2.36. The molecule has 0 aliphatic heterocycles. The zero-order chi connectivity index (χ0) is 14.5. The van der Waals surface area contributed by atoms with E-state index in [9.17, 15) is 17.6 Å². The molecule has 0 heterocycles. The summed E-state index contributed by atoms with van der Waals surface area (Å²) in [5.41, 5.74) is -0.598. The number of halogens is 1. The van der Waals surface area contributed by atoms with Crippen LogP contribution in [0.4, 0.5) is 4.39 Å². The van der Waals surface area contributed by atoms with Gasteiger partial charge in [-0.2, -0.15) is 9.98 Å². The lowest BCUT2D eigenvalue weighted by Crippen LogP contribution is -2.31. The van der Waals surface area contributed by atoms with Gasteiger partial charge in [0.2, 0.25) is 10.0 Å². The van der Waals surface area contributed by atoms with E-state index in [4.69, 9.17) is 5.26 Å². The molecular formula is C11H11FN2O4S. The van der Waals surface area contributed by atoms with Gasteiger partial charge in [0.1, 0.15) is 28.9 Å². The Morgan fingerprint density at radius 2 is 2.21 bits per heavy atom. The third-order valence-corrected chi connectivity index (χ3v) is 3.53. The largest absolute Gasteiger partial charge is 0.465 e. The summed E-state index contributed by atoms with van der Waals surface area (Å²) < 4.78 is 43.5. The Bertz CT molecular complexity index is 622. The van der Waals surface area contributed by atoms with E-state index in [2.05, 4.69) is 4.74 Å². The Kier molecular flexibility index (Phi) is 4.97. The van der Waals surface area contributed by atoms with E-state index < -0.39 is 38.8 Å². The molecule has 0 aliphatic rings. The first kappa shape index (κ1) is 15.1. The highest BCUT2D eigenvalue weighted by Gasteiger charge is 2.21. The molecule has 0 amide bonds. The molecule has 6 nitrogen and oxygen atoms in total. The van der Waals surface area contributed by atoms with Crippen LogP contribution in [-0.2, 0) is 19.6 Å². The summed E-state index contributed by atoms with van der Waals surface area (Å²) in [7, 11) is -4.15. The molecule has 0 saturated carbocycles. The third kappa shape index (κ3) is 3.74. The van der Waals surface area contributed by atoms with Gasteiger partial charge in [0.25, 0.3) is 0 Å². The summed E-state index contributed by atoms with van der Waals surface area (Å²) in [6, 6.07) is 4.69. The standard InChI is InChI=1S/C11H11FN2O4S/c1-2-18-11(15)7-14-19(16,17)10-5-3-4-9(12)8(10)6-13/h3-5,14H,2,7H2,1H3. The molecule has 0 aliphatic carbocycles.